The molecule has 0 unspecified atom stereocenters. The van der Waals surface area contributed by atoms with Crippen LogP contribution in [0.4, 0.5) is 10.3 Å². The summed E-state index contributed by atoms with van der Waals surface area (Å²) in [5, 5.41) is 30.7. The van der Waals surface area contributed by atoms with Crippen molar-refractivity contribution in [3.63, 3.8) is 0 Å². The summed E-state index contributed by atoms with van der Waals surface area (Å²) < 4.78 is 20.6. The maximum atomic E-state index is 15.4. The minimum absolute atomic E-state index is 0.0520. The van der Waals surface area contributed by atoms with Gasteiger partial charge in [-0.15, -0.1) is 15.3 Å². The average molecular weight is 478 g/mol. The average Bonchev–Trinajstić information content (AvgIpc) is 3.73. The Hall–Kier alpha value is -3.40. The number of hydrogen-bond donors (Lipinski definition) is 2. The first-order chi connectivity index (χ1) is 17.1. The van der Waals surface area contributed by atoms with Crippen molar-refractivity contribution in [2.75, 3.05) is 12.0 Å². The van der Waals surface area contributed by atoms with Crippen molar-refractivity contribution in [3.05, 3.63) is 36.7 Å². The number of benzene rings is 1. The van der Waals surface area contributed by atoms with Gasteiger partial charge >= 0.3 is 0 Å². The summed E-state index contributed by atoms with van der Waals surface area (Å²) in [7, 11) is 1.53. The highest BCUT2D eigenvalue weighted by Gasteiger charge is 2.47. The van der Waals surface area contributed by atoms with Gasteiger partial charge in [-0.1, -0.05) is 12.5 Å². The summed E-state index contributed by atoms with van der Waals surface area (Å²) in [5.41, 5.74) is 2.51. The third-order valence-corrected chi connectivity index (χ3v) is 7.32. The van der Waals surface area contributed by atoms with Crippen LogP contribution in [0, 0.1) is 0 Å². The molecule has 182 valence electrons. The van der Waals surface area contributed by atoms with Crippen LogP contribution < -0.4 is 15.0 Å². The topological polar surface area (TPSA) is 109 Å². The number of ether oxygens (including phenoxy) is 1. The van der Waals surface area contributed by atoms with Gasteiger partial charge in [0.05, 0.1) is 25.5 Å². The number of alkyl halides is 1. The van der Waals surface area contributed by atoms with Crippen LogP contribution in [0.15, 0.2) is 36.7 Å². The number of nitrogens with one attached hydrogen (secondary N) is 1. The number of piperidine rings is 2. The molecule has 2 N–H and O–H groups in total. The van der Waals surface area contributed by atoms with Crippen LogP contribution in [0.1, 0.15) is 38.5 Å². The van der Waals surface area contributed by atoms with E-state index in [1.807, 2.05) is 6.07 Å². The molecule has 6 rings (SSSR count). The summed E-state index contributed by atoms with van der Waals surface area (Å²) in [5.74, 6) is 0.913. The molecule has 3 aromatic rings. The summed E-state index contributed by atoms with van der Waals surface area (Å²) >= 11 is 0. The number of hydrogen-bond acceptors (Lipinski definition) is 9. The minimum Gasteiger partial charge on any atom is -0.507 e. The molecule has 9 nitrogen and oxygen atoms in total. The van der Waals surface area contributed by atoms with E-state index < -0.39 is 6.17 Å². The molecule has 10 heteroatoms. The first kappa shape index (κ1) is 22.1. The Bertz CT molecular complexity index is 1210. The molecule has 2 aliphatic heterocycles. The first-order valence-electron chi connectivity index (χ1n) is 12.2. The van der Waals surface area contributed by atoms with Crippen molar-refractivity contribution >= 4 is 5.95 Å². The van der Waals surface area contributed by atoms with Crippen LogP contribution in [0.2, 0.25) is 0 Å². The molecule has 4 heterocycles. The third kappa shape index (κ3) is 4.27. The predicted molar refractivity (Wildman–Crippen MR) is 128 cm³/mol. The summed E-state index contributed by atoms with van der Waals surface area (Å²) in [4.78, 5) is 6.65. The van der Waals surface area contributed by atoms with Crippen LogP contribution in [0.3, 0.4) is 0 Å². The number of anilines is 1. The van der Waals surface area contributed by atoms with E-state index >= 15 is 4.39 Å². The van der Waals surface area contributed by atoms with Crippen LogP contribution >= 0.6 is 0 Å². The highest BCUT2D eigenvalue weighted by atomic mass is 19.1. The fourth-order valence-electron chi connectivity index (χ4n) is 5.43. The molecule has 0 radical (unpaired) electrons. The van der Waals surface area contributed by atoms with Gasteiger partial charge in [0.25, 0.3) is 0 Å². The van der Waals surface area contributed by atoms with Gasteiger partial charge in [0, 0.05) is 35.3 Å². The van der Waals surface area contributed by atoms with Crippen molar-refractivity contribution in [2.45, 2.75) is 68.9 Å². The van der Waals surface area contributed by atoms with E-state index in [9.17, 15) is 5.11 Å². The van der Waals surface area contributed by atoms with E-state index in [1.54, 1.807) is 30.6 Å². The summed E-state index contributed by atoms with van der Waals surface area (Å²) in [6.45, 7) is 0. The predicted octanol–water partition coefficient (Wildman–Crippen LogP) is 3.30. The Morgan fingerprint density at radius 3 is 2.69 bits per heavy atom. The monoisotopic (exact) mass is 477 g/mol. The molecular formula is C25H28FN7O2. The normalized spacial score (nSPS) is 25.8. The lowest BCUT2D eigenvalue weighted by Crippen LogP contribution is -2.62. The molecule has 35 heavy (non-hydrogen) atoms. The molecule has 1 aliphatic carbocycles. The van der Waals surface area contributed by atoms with Crippen molar-refractivity contribution in [1.82, 2.24) is 30.7 Å². The summed E-state index contributed by atoms with van der Waals surface area (Å²) in [6.07, 6.45) is 8.12. The number of aromatic nitrogens is 5. The van der Waals surface area contributed by atoms with E-state index in [0.717, 1.165) is 49.7 Å². The van der Waals surface area contributed by atoms with Crippen LogP contribution in [0.25, 0.3) is 22.4 Å². The summed E-state index contributed by atoms with van der Waals surface area (Å²) in [6, 6.07) is 7.31. The van der Waals surface area contributed by atoms with Crippen molar-refractivity contribution < 1.29 is 14.2 Å². The molecule has 1 aromatic carbocycles. The van der Waals surface area contributed by atoms with Gasteiger partial charge < -0.3 is 20.1 Å². The van der Waals surface area contributed by atoms with Gasteiger partial charge in [0.1, 0.15) is 17.6 Å². The van der Waals surface area contributed by atoms with E-state index in [2.05, 4.69) is 35.6 Å². The Morgan fingerprint density at radius 1 is 1.06 bits per heavy atom. The standard InChI is InChI=1S/C25H28FN7O2/c1-35-23-10-15(12-28-31-23)14-5-8-18(22(34)9-14)20-13-27-25(32-30-20)33(17-6-7-17)21-11-16-3-2-4-19(29-16)24(21)26/h5,8-10,12-13,16-17,19,21,24,29,34H,2-4,6-7,11H2,1H3/t16-,19+,21-,24+/m0/s1. The van der Waals surface area contributed by atoms with Gasteiger partial charge in [-0.05, 0) is 49.8 Å². The number of phenols is 1. The largest absolute Gasteiger partial charge is 0.507 e. The Balaban J connectivity index is 1.25. The fourth-order valence-corrected chi connectivity index (χ4v) is 5.43. The number of phenolic OH excluding ortho intramolecular Hbond substituents is 1. The van der Waals surface area contributed by atoms with Crippen LogP contribution in [0.5, 0.6) is 11.6 Å². The number of fused-ring (bicyclic) bond motifs is 2. The van der Waals surface area contributed by atoms with Crippen molar-refractivity contribution in [1.29, 1.82) is 0 Å². The molecule has 2 bridgehead atoms. The quantitative estimate of drug-likeness (QED) is 0.553. The van der Waals surface area contributed by atoms with Crippen molar-refractivity contribution in [2.24, 2.45) is 0 Å². The molecule has 2 saturated heterocycles. The van der Waals surface area contributed by atoms with Gasteiger partial charge in [0.15, 0.2) is 0 Å². The number of nitrogens with zero attached hydrogens (tertiary/aromatic N) is 6. The highest BCUT2D eigenvalue weighted by Crippen LogP contribution is 2.39. The van der Waals surface area contributed by atoms with E-state index in [4.69, 9.17) is 4.74 Å². The zero-order valence-electron chi connectivity index (χ0n) is 19.5. The number of methoxy groups -OCH3 is 1. The minimum atomic E-state index is -0.951. The Morgan fingerprint density at radius 2 is 1.94 bits per heavy atom. The van der Waals surface area contributed by atoms with Gasteiger partial charge in [0.2, 0.25) is 11.8 Å². The van der Waals surface area contributed by atoms with E-state index in [1.165, 1.54) is 7.11 Å². The van der Waals surface area contributed by atoms with Crippen LogP contribution in [-0.4, -0.2) is 67.9 Å². The van der Waals surface area contributed by atoms with E-state index in [-0.39, 0.29) is 23.9 Å². The number of rotatable bonds is 6. The zero-order valence-corrected chi connectivity index (χ0v) is 19.5. The van der Waals surface area contributed by atoms with E-state index in [0.29, 0.717) is 29.1 Å². The molecule has 2 aromatic heterocycles. The van der Waals surface area contributed by atoms with Gasteiger partial charge in [-0.25, -0.2) is 9.37 Å². The molecule has 3 aliphatic rings. The zero-order chi connectivity index (χ0) is 23.9. The van der Waals surface area contributed by atoms with Gasteiger partial charge in [-0.2, -0.15) is 5.10 Å². The molecular weight excluding hydrogens is 449 g/mol. The Labute approximate surface area is 202 Å². The lowest BCUT2D eigenvalue weighted by molar-refractivity contribution is 0.103. The SMILES string of the molecule is COc1cc(-c2ccc(-c3cnc(N(C4CC4)[C@H]4C[C@@H]5CCC[C@@H](N5)[C@H]4F)nn3)c(O)c2)cnn1. The second-order valence-electron chi connectivity index (χ2n) is 9.65. The molecule has 1 saturated carbocycles. The molecule has 0 amide bonds. The maximum absolute atomic E-state index is 15.4. The molecule has 0 spiro atoms. The third-order valence-electron chi connectivity index (χ3n) is 7.32. The second-order valence-corrected chi connectivity index (χ2v) is 9.65. The van der Waals surface area contributed by atoms with Crippen molar-refractivity contribution in [3.8, 4) is 34.0 Å². The highest BCUT2D eigenvalue weighted by molar-refractivity contribution is 5.74. The molecule has 4 atom stereocenters. The molecule has 3 fully saturated rings. The first-order valence-corrected chi connectivity index (χ1v) is 12.2. The number of aromatic hydroxyl groups is 1. The Kier molecular flexibility index (Phi) is 5.68. The smallest absolute Gasteiger partial charge is 0.245 e. The second kappa shape index (κ2) is 8.99. The van der Waals surface area contributed by atoms with Crippen LogP contribution in [-0.2, 0) is 0 Å². The number of halogens is 1. The fraction of sp³-hybridized carbons (Fsp3) is 0.480. The lowest BCUT2D eigenvalue weighted by Gasteiger charge is -2.46. The maximum Gasteiger partial charge on any atom is 0.245 e. The van der Waals surface area contributed by atoms with Gasteiger partial charge in [-0.3, -0.25) is 0 Å². The lowest BCUT2D eigenvalue weighted by atomic mass is 9.82.